The van der Waals surface area contributed by atoms with E-state index in [0.717, 1.165) is 17.1 Å². The van der Waals surface area contributed by atoms with Gasteiger partial charge in [-0.15, -0.1) is 0 Å². The lowest BCUT2D eigenvalue weighted by Crippen LogP contribution is -2.41. The second kappa shape index (κ2) is 7.48. The summed E-state index contributed by atoms with van der Waals surface area (Å²) in [6.07, 6.45) is 4.15. The molecular weight excluding hydrogens is 378 g/mol. The van der Waals surface area contributed by atoms with Crippen molar-refractivity contribution in [3.05, 3.63) is 42.7 Å². The highest BCUT2D eigenvalue weighted by Gasteiger charge is 2.36. The first kappa shape index (κ1) is 18.8. The highest BCUT2D eigenvalue weighted by atomic mass is 32.2. The fraction of sp³-hybridized carbons (Fsp3) is 0.421. The largest absolute Gasteiger partial charge is 0.381 e. The quantitative estimate of drug-likeness (QED) is 0.675. The molecule has 0 spiro atoms. The molecule has 0 amide bonds. The number of nitrogens with one attached hydrogen (secondary N) is 1. The Bertz CT molecular complexity index is 1060. The molecule has 1 fully saturated rings. The molecule has 0 atom stereocenters. The average Bonchev–Trinajstić information content (AvgIpc) is 3.15. The number of hydrogen-bond acceptors (Lipinski definition) is 7. The van der Waals surface area contributed by atoms with Gasteiger partial charge in [-0.2, -0.15) is 14.6 Å². The Hall–Kier alpha value is -2.52. The fourth-order valence-corrected chi connectivity index (χ4v) is 5.21. The summed E-state index contributed by atoms with van der Waals surface area (Å²) in [7, 11) is -3.11. The highest BCUT2D eigenvalue weighted by molar-refractivity contribution is 7.90. The van der Waals surface area contributed by atoms with Gasteiger partial charge >= 0.3 is 0 Å². The molecule has 0 radical (unpaired) electrons. The first-order valence-corrected chi connectivity index (χ1v) is 11.3. The fourth-order valence-electron chi connectivity index (χ4n) is 3.71. The molecule has 1 saturated heterocycles. The van der Waals surface area contributed by atoms with Crippen molar-refractivity contribution in [3.63, 3.8) is 0 Å². The molecule has 2 aromatic heterocycles. The van der Waals surface area contributed by atoms with Gasteiger partial charge < -0.3 is 10.1 Å². The smallest absolute Gasteiger partial charge is 0.254 e. The summed E-state index contributed by atoms with van der Waals surface area (Å²) < 4.78 is 31.1. The van der Waals surface area contributed by atoms with E-state index in [-0.39, 0.29) is 11.2 Å². The van der Waals surface area contributed by atoms with E-state index in [4.69, 9.17) is 4.74 Å². The van der Waals surface area contributed by atoms with Gasteiger partial charge in [-0.05, 0) is 12.8 Å². The van der Waals surface area contributed by atoms with E-state index in [2.05, 4.69) is 20.4 Å². The molecule has 0 saturated carbocycles. The summed E-state index contributed by atoms with van der Waals surface area (Å²) in [6.45, 7) is 1.65. The Balaban J connectivity index is 1.66. The van der Waals surface area contributed by atoms with Gasteiger partial charge in [0.1, 0.15) is 22.0 Å². The molecule has 8 nitrogen and oxygen atoms in total. The third-order valence-corrected chi connectivity index (χ3v) is 6.22. The third kappa shape index (κ3) is 4.15. The lowest BCUT2D eigenvalue weighted by Gasteiger charge is -2.37. The normalized spacial score (nSPS) is 16.9. The summed E-state index contributed by atoms with van der Waals surface area (Å²) in [5, 5.41) is 7.67. The van der Waals surface area contributed by atoms with E-state index < -0.39 is 9.84 Å². The molecule has 1 aromatic carbocycles. The number of rotatable bonds is 6. The van der Waals surface area contributed by atoms with Gasteiger partial charge in [0.2, 0.25) is 0 Å². The Labute approximate surface area is 163 Å². The van der Waals surface area contributed by atoms with Crippen molar-refractivity contribution in [2.75, 3.05) is 37.1 Å². The number of fused-ring (bicyclic) bond motifs is 1. The van der Waals surface area contributed by atoms with Gasteiger partial charge in [0.25, 0.3) is 5.78 Å². The predicted octanol–water partition coefficient (Wildman–Crippen LogP) is 2.04. The monoisotopic (exact) mass is 401 g/mol. The van der Waals surface area contributed by atoms with Crippen molar-refractivity contribution in [2.24, 2.45) is 5.41 Å². The lowest BCUT2D eigenvalue weighted by atomic mass is 9.82. The van der Waals surface area contributed by atoms with Crippen LogP contribution >= 0.6 is 0 Å². The van der Waals surface area contributed by atoms with Gasteiger partial charge in [-0.3, -0.25) is 0 Å². The minimum Gasteiger partial charge on any atom is -0.381 e. The molecule has 0 aliphatic carbocycles. The van der Waals surface area contributed by atoms with Crippen LogP contribution in [0.5, 0.6) is 0 Å². The van der Waals surface area contributed by atoms with Crippen LogP contribution in [0.2, 0.25) is 0 Å². The average molecular weight is 401 g/mol. The van der Waals surface area contributed by atoms with E-state index in [9.17, 15) is 8.42 Å². The number of aromatic nitrogens is 4. The summed E-state index contributed by atoms with van der Waals surface area (Å²) in [4.78, 5) is 8.79. The van der Waals surface area contributed by atoms with Crippen molar-refractivity contribution in [2.45, 2.75) is 12.8 Å². The number of ether oxygens (including phenoxy) is 1. The number of benzene rings is 1. The topological polar surface area (TPSA) is 98.5 Å². The van der Waals surface area contributed by atoms with Crippen LogP contribution in [0.1, 0.15) is 12.8 Å². The van der Waals surface area contributed by atoms with Crippen LogP contribution in [0.25, 0.3) is 17.0 Å². The zero-order valence-corrected chi connectivity index (χ0v) is 16.5. The molecule has 1 N–H and O–H groups in total. The zero-order valence-electron chi connectivity index (χ0n) is 15.7. The Morgan fingerprint density at radius 3 is 2.68 bits per heavy atom. The number of nitrogens with zero attached hydrogens (tertiary/aromatic N) is 4. The van der Waals surface area contributed by atoms with Crippen molar-refractivity contribution in [1.29, 1.82) is 0 Å². The van der Waals surface area contributed by atoms with E-state index in [1.165, 1.54) is 12.6 Å². The molecule has 0 unspecified atom stereocenters. The van der Waals surface area contributed by atoms with E-state index >= 15 is 0 Å². The van der Waals surface area contributed by atoms with Crippen LogP contribution in [0.4, 0.5) is 5.82 Å². The van der Waals surface area contributed by atoms with Gasteiger partial charge in [-0.25, -0.2) is 13.4 Å². The first-order chi connectivity index (χ1) is 13.4. The molecule has 1 aliphatic heterocycles. The Kier molecular flexibility index (Phi) is 5.03. The van der Waals surface area contributed by atoms with Crippen molar-refractivity contribution < 1.29 is 13.2 Å². The van der Waals surface area contributed by atoms with Crippen LogP contribution < -0.4 is 5.32 Å². The molecule has 3 aromatic rings. The first-order valence-electron chi connectivity index (χ1n) is 9.20. The van der Waals surface area contributed by atoms with Gasteiger partial charge in [0.15, 0.2) is 0 Å². The Morgan fingerprint density at radius 2 is 1.96 bits per heavy atom. The van der Waals surface area contributed by atoms with Gasteiger partial charge in [-0.1, -0.05) is 30.3 Å². The summed E-state index contributed by atoms with van der Waals surface area (Å²) >= 11 is 0. The molecule has 0 bridgehead atoms. The molecule has 1 aliphatic rings. The lowest BCUT2D eigenvalue weighted by molar-refractivity contribution is 0.0315. The van der Waals surface area contributed by atoms with Crippen molar-refractivity contribution in [3.8, 4) is 11.3 Å². The molecule has 148 valence electrons. The maximum Gasteiger partial charge on any atom is 0.254 e. The summed E-state index contributed by atoms with van der Waals surface area (Å²) in [6, 6.07) is 11.8. The van der Waals surface area contributed by atoms with Gasteiger partial charge in [0, 0.05) is 43.1 Å². The molecule has 3 heterocycles. The molecular formula is C19H23N5O3S. The Morgan fingerprint density at radius 1 is 1.21 bits per heavy atom. The third-order valence-electron chi connectivity index (χ3n) is 5.09. The highest BCUT2D eigenvalue weighted by Crippen LogP contribution is 2.33. The number of sulfone groups is 1. The van der Waals surface area contributed by atoms with E-state index in [0.29, 0.717) is 38.4 Å². The van der Waals surface area contributed by atoms with Gasteiger partial charge in [0.05, 0.1) is 11.4 Å². The van der Waals surface area contributed by atoms with Crippen LogP contribution in [-0.4, -0.2) is 59.8 Å². The van der Waals surface area contributed by atoms with E-state index in [1.54, 1.807) is 4.52 Å². The van der Waals surface area contributed by atoms with Crippen molar-refractivity contribution in [1.82, 2.24) is 19.6 Å². The van der Waals surface area contributed by atoms with Crippen LogP contribution in [0.15, 0.2) is 42.7 Å². The standard InChI is InChI=1S/C19H23N5O3S/c1-28(25,26)13-19(7-9-27-10-8-19)12-20-17-11-16(15-5-3-2-4-6-15)23-18-21-14-22-24(17)18/h2-6,11,14,20H,7-10,12-13H2,1H3. The van der Waals surface area contributed by atoms with Crippen LogP contribution in [-0.2, 0) is 14.6 Å². The van der Waals surface area contributed by atoms with Crippen LogP contribution in [0, 0.1) is 5.41 Å². The minimum atomic E-state index is -3.11. The van der Waals surface area contributed by atoms with Crippen LogP contribution in [0.3, 0.4) is 0 Å². The molecule has 4 rings (SSSR count). The minimum absolute atomic E-state index is 0.132. The predicted molar refractivity (Wildman–Crippen MR) is 107 cm³/mol. The number of anilines is 1. The summed E-state index contributed by atoms with van der Waals surface area (Å²) in [5.74, 6) is 1.36. The number of hydrogen-bond donors (Lipinski definition) is 1. The second-order valence-corrected chi connectivity index (χ2v) is 9.54. The summed E-state index contributed by atoms with van der Waals surface area (Å²) in [5.41, 5.74) is 1.40. The SMILES string of the molecule is CS(=O)(=O)CC1(CNc2cc(-c3ccccc3)nc3ncnn23)CCOCC1. The second-order valence-electron chi connectivity index (χ2n) is 7.40. The maximum absolute atomic E-state index is 12.0. The van der Waals surface area contributed by atoms with Crippen molar-refractivity contribution >= 4 is 21.4 Å². The molecule has 28 heavy (non-hydrogen) atoms. The maximum atomic E-state index is 12.0. The zero-order chi connectivity index (χ0) is 19.6. The molecule has 9 heteroatoms. The van der Waals surface area contributed by atoms with E-state index in [1.807, 2.05) is 36.4 Å².